The molecule has 1 heterocycles. The van der Waals surface area contributed by atoms with Crippen molar-refractivity contribution in [3.05, 3.63) is 29.8 Å². The Balaban J connectivity index is 2.10. The molecule has 1 aromatic rings. The smallest absolute Gasteiger partial charge is 0.338 e. The van der Waals surface area contributed by atoms with Gasteiger partial charge in [-0.3, -0.25) is 0 Å². The molecule has 1 fully saturated rings. The molecule has 0 N–H and O–H groups in total. The summed E-state index contributed by atoms with van der Waals surface area (Å²) in [6.45, 7) is 1.13. The molecule has 0 saturated carbocycles. The molecule has 1 aromatic carbocycles. The molecule has 0 atom stereocenters. The van der Waals surface area contributed by atoms with Gasteiger partial charge in [-0.25, -0.2) is 13.2 Å². The lowest BCUT2D eigenvalue weighted by molar-refractivity contribution is -0.0159. The highest BCUT2D eigenvalue weighted by molar-refractivity contribution is 8.13. The van der Waals surface area contributed by atoms with Crippen molar-refractivity contribution in [2.75, 3.05) is 13.2 Å². The SMILES string of the molecule is O=C(OC1CCOCC1)c1cccc(S(=O)(=O)Cl)c1. The predicted molar refractivity (Wildman–Crippen MR) is 68.7 cm³/mol. The van der Waals surface area contributed by atoms with Crippen molar-refractivity contribution in [2.24, 2.45) is 0 Å². The molecule has 0 aliphatic carbocycles. The number of carbonyl (C=O) groups is 1. The van der Waals surface area contributed by atoms with E-state index in [1.54, 1.807) is 0 Å². The van der Waals surface area contributed by atoms with Crippen LogP contribution in [0.15, 0.2) is 29.2 Å². The molecule has 1 saturated heterocycles. The van der Waals surface area contributed by atoms with Gasteiger partial charge in [0.2, 0.25) is 0 Å². The predicted octanol–water partition coefficient (Wildman–Crippen LogP) is 1.95. The molecule has 0 unspecified atom stereocenters. The fourth-order valence-corrected chi connectivity index (χ4v) is 2.58. The molecule has 19 heavy (non-hydrogen) atoms. The first kappa shape index (κ1) is 14.3. The van der Waals surface area contributed by atoms with Crippen molar-refractivity contribution in [1.82, 2.24) is 0 Å². The lowest BCUT2D eigenvalue weighted by Gasteiger charge is -2.22. The summed E-state index contributed by atoms with van der Waals surface area (Å²) in [4.78, 5) is 11.8. The minimum Gasteiger partial charge on any atom is -0.459 e. The highest BCUT2D eigenvalue weighted by Crippen LogP contribution is 2.18. The van der Waals surface area contributed by atoms with Crippen LogP contribution in [0.2, 0.25) is 0 Å². The number of esters is 1. The average molecular weight is 305 g/mol. The second-order valence-corrected chi connectivity index (χ2v) is 6.75. The Morgan fingerprint density at radius 3 is 2.63 bits per heavy atom. The van der Waals surface area contributed by atoms with Crippen LogP contribution in [-0.4, -0.2) is 33.7 Å². The van der Waals surface area contributed by atoms with Crippen LogP contribution < -0.4 is 0 Å². The Hall–Kier alpha value is -1.11. The average Bonchev–Trinajstić information content (AvgIpc) is 2.39. The van der Waals surface area contributed by atoms with E-state index in [-0.39, 0.29) is 16.6 Å². The van der Waals surface area contributed by atoms with E-state index in [0.717, 1.165) is 0 Å². The Labute approximate surface area is 115 Å². The maximum Gasteiger partial charge on any atom is 0.338 e. The van der Waals surface area contributed by atoms with E-state index in [4.69, 9.17) is 20.2 Å². The highest BCUT2D eigenvalue weighted by atomic mass is 35.7. The van der Waals surface area contributed by atoms with E-state index >= 15 is 0 Å². The molecule has 1 aliphatic rings. The summed E-state index contributed by atoms with van der Waals surface area (Å²) in [6, 6.07) is 5.49. The summed E-state index contributed by atoms with van der Waals surface area (Å²) in [5, 5.41) is 0. The van der Waals surface area contributed by atoms with E-state index in [0.29, 0.717) is 26.1 Å². The summed E-state index contributed by atoms with van der Waals surface area (Å²) in [5.41, 5.74) is 0.174. The molecular weight excluding hydrogens is 292 g/mol. The zero-order valence-electron chi connectivity index (χ0n) is 10.0. The van der Waals surface area contributed by atoms with Crippen LogP contribution in [0.5, 0.6) is 0 Å². The molecule has 5 nitrogen and oxygen atoms in total. The number of hydrogen-bond donors (Lipinski definition) is 0. The topological polar surface area (TPSA) is 69.7 Å². The summed E-state index contributed by atoms with van der Waals surface area (Å²) in [6.07, 6.45) is 1.12. The van der Waals surface area contributed by atoms with Gasteiger partial charge in [0.15, 0.2) is 0 Å². The molecule has 0 radical (unpaired) electrons. The van der Waals surface area contributed by atoms with E-state index in [1.165, 1.54) is 24.3 Å². The third-order valence-electron chi connectivity index (χ3n) is 2.79. The van der Waals surface area contributed by atoms with Gasteiger partial charge in [0.05, 0.1) is 23.7 Å². The first-order chi connectivity index (χ1) is 8.97. The van der Waals surface area contributed by atoms with E-state index < -0.39 is 15.0 Å². The molecular formula is C12H13ClO5S. The van der Waals surface area contributed by atoms with Gasteiger partial charge in [0.25, 0.3) is 9.05 Å². The van der Waals surface area contributed by atoms with Crippen LogP contribution in [0.25, 0.3) is 0 Å². The largest absolute Gasteiger partial charge is 0.459 e. The standard InChI is InChI=1S/C12H13ClO5S/c13-19(15,16)11-3-1-2-9(8-11)12(14)18-10-4-6-17-7-5-10/h1-3,8,10H,4-7H2. The van der Waals surface area contributed by atoms with Gasteiger partial charge in [0.1, 0.15) is 6.10 Å². The van der Waals surface area contributed by atoms with Gasteiger partial charge in [-0.05, 0) is 18.2 Å². The van der Waals surface area contributed by atoms with E-state index in [1.807, 2.05) is 0 Å². The molecule has 0 amide bonds. The Kier molecular flexibility index (Phi) is 4.44. The van der Waals surface area contributed by atoms with E-state index in [2.05, 4.69) is 0 Å². The fourth-order valence-electron chi connectivity index (χ4n) is 1.79. The number of ether oxygens (including phenoxy) is 2. The normalized spacial score (nSPS) is 17.1. The van der Waals surface area contributed by atoms with Gasteiger partial charge < -0.3 is 9.47 Å². The zero-order valence-corrected chi connectivity index (χ0v) is 11.6. The third-order valence-corrected chi connectivity index (χ3v) is 4.14. The van der Waals surface area contributed by atoms with Crippen molar-refractivity contribution in [3.8, 4) is 0 Å². The first-order valence-corrected chi connectivity index (χ1v) is 8.11. The van der Waals surface area contributed by atoms with E-state index in [9.17, 15) is 13.2 Å². The van der Waals surface area contributed by atoms with Crippen LogP contribution >= 0.6 is 10.7 Å². The van der Waals surface area contributed by atoms with Gasteiger partial charge >= 0.3 is 5.97 Å². The highest BCUT2D eigenvalue weighted by Gasteiger charge is 2.20. The summed E-state index contributed by atoms with van der Waals surface area (Å²) >= 11 is 0. The number of rotatable bonds is 3. The zero-order chi connectivity index (χ0) is 13.9. The molecule has 0 bridgehead atoms. The van der Waals surface area contributed by atoms with Crippen molar-refractivity contribution >= 4 is 25.7 Å². The molecule has 7 heteroatoms. The summed E-state index contributed by atoms with van der Waals surface area (Å²) < 4.78 is 32.8. The molecule has 0 aromatic heterocycles. The van der Waals surface area contributed by atoms with Crippen LogP contribution in [0, 0.1) is 0 Å². The second-order valence-electron chi connectivity index (χ2n) is 4.18. The van der Waals surface area contributed by atoms with Crippen molar-refractivity contribution in [1.29, 1.82) is 0 Å². The van der Waals surface area contributed by atoms with Gasteiger partial charge in [-0.2, -0.15) is 0 Å². The fraction of sp³-hybridized carbons (Fsp3) is 0.417. The van der Waals surface area contributed by atoms with Crippen LogP contribution in [0.1, 0.15) is 23.2 Å². The number of carbonyl (C=O) groups excluding carboxylic acids is 1. The lowest BCUT2D eigenvalue weighted by atomic mass is 10.1. The lowest BCUT2D eigenvalue weighted by Crippen LogP contribution is -2.26. The summed E-state index contributed by atoms with van der Waals surface area (Å²) in [5.74, 6) is -0.547. The Morgan fingerprint density at radius 2 is 2.00 bits per heavy atom. The van der Waals surface area contributed by atoms with Crippen molar-refractivity contribution < 1.29 is 22.7 Å². The van der Waals surface area contributed by atoms with Crippen molar-refractivity contribution in [3.63, 3.8) is 0 Å². The second kappa shape index (κ2) is 5.90. The maximum atomic E-state index is 11.9. The maximum absolute atomic E-state index is 11.9. The number of halogens is 1. The number of hydrogen-bond acceptors (Lipinski definition) is 5. The van der Waals surface area contributed by atoms with Gasteiger partial charge in [-0.1, -0.05) is 6.07 Å². The minimum absolute atomic E-state index is 0.115. The van der Waals surface area contributed by atoms with Crippen molar-refractivity contribution in [2.45, 2.75) is 23.8 Å². The minimum atomic E-state index is -3.85. The molecule has 2 rings (SSSR count). The van der Waals surface area contributed by atoms with Crippen LogP contribution in [0.4, 0.5) is 0 Å². The van der Waals surface area contributed by atoms with Crippen LogP contribution in [0.3, 0.4) is 0 Å². The molecule has 104 valence electrons. The van der Waals surface area contributed by atoms with Crippen LogP contribution in [-0.2, 0) is 18.5 Å². The third kappa shape index (κ3) is 3.92. The summed E-state index contributed by atoms with van der Waals surface area (Å²) in [7, 11) is 1.38. The number of benzene rings is 1. The monoisotopic (exact) mass is 304 g/mol. The Morgan fingerprint density at radius 1 is 1.32 bits per heavy atom. The van der Waals surface area contributed by atoms with Gasteiger partial charge in [-0.15, -0.1) is 0 Å². The molecule has 0 spiro atoms. The Bertz CT molecular complexity index is 563. The molecule has 1 aliphatic heterocycles. The van der Waals surface area contributed by atoms with Gasteiger partial charge in [0, 0.05) is 23.5 Å². The quantitative estimate of drug-likeness (QED) is 0.630. The first-order valence-electron chi connectivity index (χ1n) is 5.80.